The lowest BCUT2D eigenvalue weighted by atomic mass is 10.2. The summed E-state index contributed by atoms with van der Waals surface area (Å²) in [5, 5.41) is 7.71. The van der Waals surface area contributed by atoms with E-state index in [2.05, 4.69) is 42.2 Å². The molecule has 0 radical (unpaired) electrons. The lowest BCUT2D eigenvalue weighted by Crippen LogP contribution is -2.29. The van der Waals surface area contributed by atoms with Crippen molar-refractivity contribution in [3.8, 4) is 23.0 Å². The number of hydrazone groups is 1. The second-order valence-electron chi connectivity index (χ2n) is 15.5. The van der Waals surface area contributed by atoms with Crippen LogP contribution in [0.1, 0.15) is 52.0 Å². The molecule has 0 saturated heterocycles. The van der Waals surface area contributed by atoms with Gasteiger partial charge in [0.2, 0.25) is 0 Å². The maximum atomic E-state index is 13.5. The maximum absolute atomic E-state index is 13.5. The quantitative estimate of drug-likeness (QED) is 0.00892. The summed E-state index contributed by atoms with van der Waals surface area (Å²) in [6.07, 6.45) is 6.46. The van der Waals surface area contributed by atoms with Crippen LogP contribution in [-0.4, -0.2) is 113 Å². The minimum absolute atomic E-state index is 0.0301. The number of unbranched alkanes of at least 4 members (excludes halogenated alkanes) is 2. The van der Waals surface area contributed by atoms with Crippen LogP contribution in [0.15, 0.2) is 152 Å². The summed E-state index contributed by atoms with van der Waals surface area (Å²) in [5.41, 5.74) is 4.35. The molecular formula is C54H57N3O16S. The van der Waals surface area contributed by atoms with Crippen molar-refractivity contribution in [1.29, 1.82) is 0 Å². The van der Waals surface area contributed by atoms with Gasteiger partial charge in [-0.2, -0.15) is 5.10 Å². The highest BCUT2D eigenvalue weighted by Crippen LogP contribution is 2.36. The number of carbonyl (C=O) groups is 6. The molecule has 3 unspecified atom stereocenters. The normalized spacial score (nSPS) is 13.1. The van der Waals surface area contributed by atoms with Crippen molar-refractivity contribution in [1.82, 2.24) is 5.43 Å². The highest BCUT2D eigenvalue weighted by molar-refractivity contribution is 8.00. The molecule has 2 N–H and O–H groups in total. The molecule has 5 rings (SSSR count). The molecule has 74 heavy (non-hydrogen) atoms. The van der Waals surface area contributed by atoms with Gasteiger partial charge in [-0.3, -0.25) is 5.43 Å². The van der Waals surface area contributed by atoms with E-state index < -0.39 is 48.0 Å². The molecule has 0 saturated carbocycles. The lowest BCUT2D eigenvalue weighted by molar-refractivity contribution is -0.148. The SMILES string of the molecule is C=CC(=O)OCCCCOCC(COc1ccc(C(=O)Oc2ccc(OC(=O)c3ccc(OCC(COCCCCOC(=O)C=C)OC(=O)C=C)cc3)c(/C=N/NC3Nc4ccccc4S3)c2)cc1)OC(=O)C=C. The van der Waals surface area contributed by atoms with Gasteiger partial charge in [-0.15, -0.1) is 0 Å². The van der Waals surface area contributed by atoms with Crippen molar-refractivity contribution in [2.45, 2.75) is 48.3 Å². The molecule has 19 nitrogen and oxygen atoms in total. The van der Waals surface area contributed by atoms with E-state index in [-0.39, 0.29) is 67.8 Å². The number of hydrogen-bond acceptors (Lipinski definition) is 20. The summed E-state index contributed by atoms with van der Waals surface area (Å²) in [6, 6.07) is 24.5. The smallest absolute Gasteiger partial charge is 0.343 e. The van der Waals surface area contributed by atoms with Crippen LogP contribution >= 0.6 is 11.8 Å². The van der Waals surface area contributed by atoms with Gasteiger partial charge < -0.3 is 52.7 Å². The summed E-state index contributed by atoms with van der Waals surface area (Å²) >= 11 is 1.53. The summed E-state index contributed by atoms with van der Waals surface area (Å²) in [6.45, 7) is 14.6. The van der Waals surface area contributed by atoms with Gasteiger partial charge in [0.05, 0.1) is 49.5 Å². The Labute approximate surface area is 432 Å². The van der Waals surface area contributed by atoms with E-state index in [4.69, 9.17) is 47.4 Å². The topological polar surface area (TPSA) is 231 Å². The van der Waals surface area contributed by atoms with Crippen LogP contribution in [0.3, 0.4) is 0 Å². The third-order valence-electron chi connectivity index (χ3n) is 9.95. The van der Waals surface area contributed by atoms with Crippen LogP contribution in [0.5, 0.6) is 23.0 Å². The Morgan fingerprint density at radius 3 is 1.58 bits per heavy atom. The number of ether oxygens (including phenoxy) is 10. The second-order valence-corrected chi connectivity index (χ2v) is 16.7. The molecule has 4 aromatic rings. The first-order valence-corrected chi connectivity index (χ1v) is 24.1. The molecule has 0 spiro atoms. The predicted molar refractivity (Wildman–Crippen MR) is 273 cm³/mol. The summed E-state index contributed by atoms with van der Waals surface area (Å²) in [4.78, 5) is 74.3. The molecule has 1 heterocycles. The number of nitrogens with one attached hydrogen (secondary N) is 2. The molecule has 4 aromatic carbocycles. The second kappa shape index (κ2) is 31.3. The average molecular weight is 1040 g/mol. The zero-order valence-electron chi connectivity index (χ0n) is 40.5. The molecule has 0 bridgehead atoms. The van der Waals surface area contributed by atoms with E-state index in [0.717, 1.165) is 34.9 Å². The van der Waals surface area contributed by atoms with Gasteiger partial charge in [-0.1, -0.05) is 50.2 Å². The number of esters is 6. The van der Waals surface area contributed by atoms with Gasteiger partial charge >= 0.3 is 35.8 Å². The van der Waals surface area contributed by atoms with Crippen molar-refractivity contribution in [2.75, 3.05) is 58.2 Å². The Morgan fingerprint density at radius 2 is 1.07 bits per heavy atom. The largest absolute Gasteiger partial charge is 0.490 e. The fraction of sp³-hybridized carbons (Fsp3) is 0.278. The van der Waals surface area contributed by atoms with E-state index in [9.17, 15) is 28.8 Å². The highest BCUT2D eigenvalue weighted by Gasteiger charge is 2.21. The third-order valence-corrected chi connectivity index (χ3v) is 11.0. The van der Waals surface area contributed by atoms with Crippen LogP contribution in [-0.2, 0) is 47.6 Å². The molecule has 390 valence electrons. The first-order chi connectivity index (χ1) is 36.0. The number of thioether (sulfide) groups is 1. The number of rotatable bonds is 33. The molecule has 0 aliphatic carbocycles. The third kappa shape index (κ3) is 20.1. The molecule has 0 fully saturated rings. The maximum Gasteiger partial charge on any atom is 0.343 e. The van der Waals surface area contributed by atoms with E-state index in [1.165, 1.54) is 60.4 Å². The Balaban J connectivity index is 1.18. The van der Waals surface area contributed by atoms with Crippen molar-refractivity contribution >= 4 is 59.5 Å². The number of nitrogens with zero attached hydrogens (tertiary/aromatic N) is 1. The number of para-hydroxylation sites is 1. The summed E-state index contributed by atoms with van der Waals surface area (Å²) < 4.78 is 55.2. The summed E-state index contributed by atoms with van der Waals surface area (Å²) in [7, 11) is 0. The molecule has 1 aliphatic rings. The molecule has 20 heteroatoms. The Bertz CT molecular complexity index is 2560. The van der Waals surface area contributed by atoms with E-state index >= 15 is 0 Å². The Kier molecular flexibility index (Phi) is 24.0. The van der Waals surface area contributed by atoms with Gasteiger partial charge in [-0.05, 0) is 105 Å². The molecule has 0 amide bonds. The fourth-order valence-corrected chi connectivity index (χ4v) is 7.21. The zero-order valence-corrected chi connectivity index (χ0v) is 41.3. The molecular weight excluding hydrogens is 979 g/mol. The number of benzene rings is 4. The van der Waals surface area contributed by atoms with Crippen molar-refractivity contribution in [3.05, 3.63) is 158 Å². The molecule has 3 atom stereocenters. The number of anilines is 1. The van der Waals surface area contributed by atoms with Crippen LogP contribution in [0, 0.1) is 0 Å². The number of hydrogen-bond donors (Lipinski definition) is 2. The van der Waals surface area contributed by atoms with Crippen LogP contribution < -0.4 is 29.7 Å². The standard InChI is InChI=1S/C54H57N3O16S/c1-5-48(58)66-29-13-11-27-64-33-43(70-50(60)7-3)35-68-40-21-17-37(18-22-40)52(62)72-42-25-26-46(39(31-42)32-55-57-54-56-45-15-9-10-16-47(45)74-54)73-53(63)38-19-23-41(24-20-38)69-36-44(71-51(61)8-4)34-65-28-12-14-30-67-49(59)6-2/h5-10,15-26,31-32,43-44,54,56-57H,1-4,11-14,27-30,33-36H2/b55-32+. The predicted octanol–water partition coefficient (Wildman–Crippen LogP) is 7.56. The van der Waals surface area contributed by atoms with E-state index in [1.807, 2.05) is 24.3 Å². The van der Waals surface area contributed by atoms with Crippen LogP contribution in [0.2, 0.25) is 0 Å². The minimum atomic E-state index is -0.778. The van der Waals surface area contributed by atoms with Gasteiger partial charge in [0, 0.05) is 48.0 Å². The van der Waals surface area contributed by atoms with Gasteiger partial charge in [0.15, 0.2) is 17.7 Å². The van der Waals surface area contributed by atoms with Crippen molar-refractivity contribution in [3.63, 3.8) is 0 Å². The highest BCUT2D eigenvalue weighted by atomic mass is 32.2. The Morgan fingerprint density at radius 1 is 0.581 bits per heavy atom. The van der Waals surface area contributed by atoms with Gasteiger partial charge in [0.1, 0.15) is 36.2 Å². The van der Waals surface area contributed by atoms with Crippen molar-refractivity contribution < 1.29 is 76.1 Å². The zero-order chi connectivity index (χ0) is 52.9. The number of fused-ring (bicyclic) bond motifs is 1. The number of carbonyl (C=O) groups excluding carboxylic acids is 6. The fourth-order valence-electron chi connectivity index (χ4n) is 6.24. The van der Waals surface area contributed by atoms with E-state index in [1.54, 1.807) is 24.3 Å². The van der Waals surface area contributed by atoms with Crippen molar-refractivity contribution in [2.24, 2.45) is 5.10 Å². The monoisotopic (exact) mass is 1040 g/mol. The van der Waals surface area contributed by atoms with Gasteiger partial charge in [-0.25, -0.2) is 28.8 Å². The first-order valence-electron chi connectivity index (χ1n) is 23.2. The Hall–Kier alpha value is -8.20. The first kappa shape index (κ1) is 56.7. The van der Waals surface area contributed by atoms with Gasteiger partial charge in [0.25, 0.3) is 0 Å². The lowest BCUT2D eigenvalue weighted by Gasteiger charge is -2.18. The summed E-state index contributed by atoms with van der Waals surface area (Å²) in [5.74, 6) is -2.74. The molecule has 0 aromatic heterocycles. The minimum Gasteiger partial charge on any atom is -0.490 e. The van der Waals surface area contributed by atoms with Crippen LogP contribution in [0.4, 0.5) is 5.69 Å². The molecule has 1 aliphatic heterocycles. The average Bonchev–Trinajstić information content (AvgIpc) is 3.84. The van der Waals surface area contributed by atoms with Crippen LogP contribution in [0.25, 0.3) is 0 Å². The van der Waals surface area contributed by atoms with E-state index in [0.29, 0.717) is 56.0 Å².